The summed E-state index contributed by atoms with van der Waals surface area (Å²) < 4.78 is 0. The largest absolute Gasteiger partial charge is 0.652 e. The molecular weight excluding hydrogens is 142 g/mol. The molecule has 0 aromatic carbocycles. The van der Waals surface area contributed by atoms with Crippen LogP contribution in [-0.2, 0) is 0 Å². The van der Waals surface area contributed by atoms with E-state index in [4.69, 9.17) is 15.0 Å². The Balaban J connectivity index is 0. The summed E-state index contributed by atoms with van der Waals surface area (Å²) in [5.74, 6) is 0. The normalized spacial score (nSPS) is 5.89. The molecule has 9 heavy (non-hydrogen) atoms. The molecule has 0 aromatic rings. The van der Waals surface area contributed by atoms with Crippen LogP contribution < -0.4 is 10.2 Å². The summed E-state index contributed by atoms with van der Waals surface area (Å²) in [4.78, 5) is 11.9. The molecule has 0 rings (SSSR count). The van der Waals surface area contributed by atoms with Gasteiger partial charge in [-0.15, -0.1) is 0 Å². The summed E-state index contributed by atoms with van der Waals surface area (Å²) in [7, 11) is 0. The number of hydrogen-bond acceptors (Lipinski definition) is 5. The third kappa shape index (κ3) is 159. The molecule has 0 saturated heterocycles. The Hall–Kier alpha value is -0.930. The van der Waals surface area contributed by atoms with Crippen molar-refractivity contribution in [3.8, 4) is 0 Å². The molecule has 0 spiro atoms. The number of hydrogen-bond donors (Lipinski definition) is 0. The maximum absolute atomic E-state index is 8.33. The van der Waals surface area contributed by atoms with Crippen molar-refractivity contribution in [2.45, 2.75) is 6.92 Å². The van der Waals surface area contributed by atoms with Crippen molar-refractivity contribution < 1.29 is 15.0 Å². The molecule has 52 valence electrons. The topological polar surface area (TPSA) is 75.5 Å². The second kappa shape index (κ2) is 10.1. The molecule has 0 amide bonds. The summed E-state index contributed by atoms with van der Waals surface area (Å²) in [6, 6.07) is 0. The van der Waals surface area contributed by atoms with Crippen molar-refractivity contribution in [2.75, 3.05) is 6.54 Å². The Morgan fingerprint density at radius 3 is 2.11 bits per heavy atom. The van der Waals surface area contributed by atoms with Gasteiger partial charge in [0.25, 0.3) is 0 Å². The SMILES string of the molecule is CCN=C=S.O=C([O-])[O-]. The summed E-state index contributed by atoms with van der Waals surface area (Å²) in [5.41, 5.74) is 0. The average molecular weight is 147 g/mol. The van der Waals surface area contributed by atoms with E-state index in [2.05, 4.69) is 22.4 Å². The number of isothiocyanates is 1. The molecular formula is C4H5NO3S-2. The Bertz CT molecular complexity index is 115. The van der Waals surface area contributed by atoms with Crippen molar-refractivity contribution in [1.29, 1.82) is 0 Å². The van der Waals surface area contributed by atoms with Crippen LogP contribution in [0.2, 0.25) is 0 Å². The van der Waals surface area contributed by atoms with E-state index in [1.807, 2.05) is 6.92 Å². The van der Waals surface area contributed by atoms with E-state index in [0.29, 0.717) is 0 Å². The van der Waals surface area contributed by atoms with Crippen LogP contribution in [0.5, 0.6) is 0 Å². The van der Waals surface area contributed by atoms with Crippen LogP contribution in [0.15, 0.2) is 4.99 Å². The van der Waals surface area contributed by atoms with E-state index in [-0.39, 0.29) is 0 Å². The van der Waals surface area contributed by atoms with Crippen LogP contribution in [0.1, 0.15) is 6.92 Å². The van der Waals surface area contributed by atoms with Gasteiger partial charge in [-0.05, 0) is 25.3 Å². The molecule has 0 atom stereocenters. The van der Waals surface area contributed by atoms with Crippen LogP contribution in [0.4, 0.5) is 4.79 Å². The van der Waals surface area contributed by atoms with E-state index in [0.717, 1.165) is 6.54 Å². The third-order valence-electron chi connectivity index (χ3n) is 0.223. The number of rotatable bonds is 1. The second-order valence-electron chi connectivity index (χ2n) is 0.816. The lowest BCUT2D eigenvalue weighted by atomic mass is 10.8. The molecule has 5 heteroatoms. The summed E-state index contributed by atoms with van der Waals surface area (Å²) in [6.07, 6.45) is -2.33. The highest BCUT2D eigenvalue weighted by Gasteiger charge is 1.49. The number of carbonyl (C=O) groups is 1. The first-order valence-electron chi connectivity index (χ1n) is 2.06. The van der Waals surface area contributed by atoms with Crippen molar-refractivity contribution >= 4 is 23.5 Å². The van der Waals surface area contributed by atoms with Gasteiger partial charge in [0.2, 0.25) is 0 Å². The lowest BCUT2D eigenvalue weighted by molar-refractivity contribution is -0.415. The molecule has 0 aliphatic heterocycles. The highest BCUT2D eigenvalue weighted by atomic mass is 32.1. The average Bonchev–Trinajstić information content (AvgIpc) is 1.66. The minimum Gasteiger partial charge on any atom is -0.652 e. The van der Waals surface area contributed by atoms with Crippen molar-refractivity contribution in [1.82, 2.24) is 0 Å². The Kier molecular flexibility index (Phi) is 12.3. The van der Waals surface area contributed by atoms with Crippen molar-refractivity contribution in [3.05, 3.63) is 0 Å². The molecule has 0 radical (unpaired) electrons. The number of carbonyl (C=O) groups excluding carboxylic acids is 1. The molecule has 0 aliphatic carbocycles. The van der Waals surface area contributed by atoms with Gasteiger partial charge in [0.05, 0.1) is 5.16 Å². The Labute approximate surface area is 57.8 Å². The quantitative estimate of drug-likeness (QED) is 0.340. The monoisotopic (exact) mass is 147 g/mol. The maximum atomic E-state index is 8.33. The predicted octanol–water partition coefficient (Wildman–Crippen LogP) is -1.34. The summed E-state index contributed by atoms with van der Waals surface area (Å²) in [6.45, 7) is 2.67. The first-order valence-corrected chi connectivity index (χ1v) is 2.47. The van der Waals surface area contributed by atoms with Crippen LogP contribution >= 0.6 is 12.2 Å². The fraction of sp³-hybridized carbons (Fsp3) is 0.500. The molecule has 0 heterocycles. The van der Waals surface area contributed by atoms with Gasteiger partial charge in [0, 0.05) is 6.54 Å². The maximum Gasteiger partial charge on any atom is 0.0584 e. The summed E-state index contributed by atoms with van der Waals surface area (Å²) in [5, 5.41) is 18.9. The lowest BCUT2D eigenvalue weighted by Gasteiger charge is -1.96. The fourth-order valence-corrected chi connectivity index (χ4v) is 0.194. The van der Waals surface area contributed by atoms with Crippen LogP contribution in [0, 0.1) is 0 Å². The van der Waals surface area contributed by atoms with Crippen LogP contribution in [-0.4, -0.2) is 17.9 Å². The molecule has 0 saturated carbocycles. The molecule has 0 aromatic heterocycles. The minimum absolute atomic E-state index is 0.753. The number of aliphatic imine (C=N–C) groups is 1. The zero-order valence-electron chi connectivity index (χ0n) is 4.79. The van der Waals surface area contributed by atoms with Gasteiger partial charge in [0.15, 0.2) is 0 Å². The van der Waals surface area contributed by atoms with E-state index >= 15 is 0 Å². The second-order valence-corrected chi connectivity index (χ2v) is 0.998. The number of nitrogens with zero attached hydrogens (tertiary/aromatic N) is 1. The zero-order valence-corrected chi connectivity index (χ0v) is 5.60. The van der Waals surface area contributed by atoms with E-state index in [1.165, 1.54) is 0 Å². The highest BCUT2D eigenvalue weighted by Crippen LogP contribution is 1.55. The molecule has 0 fully saturated rings. The molecule has 0 N–H and O–H groups in total. The molecule has 0 unspecified atom stereocenters. The molecule has 0 aliphatic rings. The van der Waals surface area contributed by atoms with Gasteiger partial charge in [-0.25, -0.2) is 4.99 Å². The smallest absolute Gasteiger partial charge is 0.0584 e. The van der Waals surface area contributed by atoms with Gasteiger partial charge in [-0.1, -0.05) is 0 Å². The number of carboxylic acid groups (broad SMARTS) is 2. The zero-order chi connectivity index (χ0) is 7.70. The summed E-state index contributed by atoms with van der Waals surface area (Å²) >= 11 is 4.23. The van der Waals surface area contributed by atoms with Crippen molar-refractivity contribution in [3.63, 3.8) is 0 Å². The highest BCUT2D eigenvalue weighted by molar-refractivity contribution is 7.78. The fourth-order valence-electron chi connectivity index (χ4n) is 0.0645. The van der Waals surface area contributed by atoms with Gasteiger partial charge >= 0.3 is 0 Å². The molecule has 4 nitrogen and oxygen atoms in total. The van der Waals surface area contributed by atoms with Gasteiger partial charge in [-0.2, -0.15) is 0 Å². The van der Waals surface area contributed by atoms with Gasteiger partial charge in [0.1, 0.15) is 0 Å². The standard InChI is InChI=1S/C3H5NS.CH2O3/c1-2-4-3-5;2-1(3)4/h2H2,1H3;(H2,2,3,4)/p-2. The molecule has 0 bridgehead atoms. The van der Waals surface area contributed by atoms with Crippen LogP contribution in [0.25, 0.3) is 0 Å². The van der Waals surface area contributed by atoms with Gasteiger partial charge < -0.3 is 15.0 Å². The van der Waals surface area contributed by atoms with Crippen molar-refractivity contribution in [2.24, 2.45) is 4.99 Å². The van der Waals surface area contributed by atoms with Crippen LogP contribution in [0.3, 0.4) is 0 Å². The van der Waals surface area contributed by atoms with E-state index in [9.17, 15) is 0 Å². The first kappa shape index (κ1) is 10.9. The minimum atomic E-state index is -2.33. The Morgan fingerprint density at radius 1 is 1.78 bits per heavy atom. The lowest BCUT2D eigenvalue weighted by Crippen LogP contribution is -2.37. The predicted molar refractivity (Wildman–Crippen MR) is 31.0 cm³/mol. The van der Waals surface area contributed by atoms with Gasteiger partial charge in [-0.3, -0.25) is 0 Å². The Morgan fingerprint density at radius 2 is 2.11 bits per heavy atom. The first-order chi connectivity index (χ1) is 4.15. The van der Waals surface area contributed by atoms with E-state index < -0.39 is 6.16 Å². The van der Waals surface area contributed by atoms with E-state index in [1.54, 1.807) is 0 Å². The number of thiocarbonyl (C=S) groups is 1. The third-order valence-corrected chi connectivity index (χ3v) is 0.352.